The van der Waals surface area contributed by atoms with Crippen LogP contribution in [0.2, 0.25) is 0 Å². The first-order valence-electron chi connectivity index (χ1n) is 5.37. The van der Waals surface area contributed by atoms with Crippen LogP contribution in [0.1, 0.15) is 0 Å². The molecule has 1 aliphatic carbocycles. The van der Waals surface area contributed by atoms with Crippen molar-refractivity contribution in [2.75, 3.05) is 13.1 Å². The molecule has 1 aliphatic rings. The number of nitrogens with zero attached hydrogens (tertiary/aromatic N) is 4. The van der Waals surface area contributed by atoms with Crippen molar-refractivity contribution in [1.82, 2.24) is 0 Å². The maximum absolute atomic E-state index is 10.6. The molecule has 0 fully saturated rings. The minimum Gasteiger partial charge on any atom is -0.211 e. The van der Waals surface area contributed by atoms with Crippen LogP contribution < -0.4 is 0 Å². The molecule has 8 nitrogen and oxygen atoms in total. The van der Waals surface area contributed by atoms with Crippen molar-refractivity contribution in [2.45, 2.75) is 5.54 Å². The van der Waals surface area contributed by atoms with E-state index in [1.165, 1.54) is 42.5 Å². The van der Waals surface area contributed by atoms with Crippen molar-refractivity contribution in [3.63, 3.8) is 0 Å². The number of hydrogen-bond acceptors (Lipinski definition) is 8. The first-order valence-corrected chi connectivity index (χ1v) is 5.37. The van der Waals surface area contributed by atoms with E-state index in [-0.39, 0.29) is 18.8 Å². The Morgan fingerprint density at radius 3 is 2.40 bits per heavy atom. The molecule has 0 aromatic rings. The average molecular weight is 272 g/mol. The predicted octanol–water partition coefficient (Wildman–Crippen LogP) is 0.138. The average Bonchev–Trinajstić information content (AvgIpc) is 2.45. The Labute approximate surface area is 113 Å². The molecule has 1 rings (SSSR count). The Morgan fingerprint density at radius 2 is 1.80 bits per heavy atom. The summed E-state index contributed by atoms with van der Waals surface area (Å²) in [6.45, 7) is -0.350. The zero-order chi connectivity index (χ0) is 14.8. The van der Waals surface area contributed by atoms with Crippen LogP contribution in [0.3, 0.4) is 0 Å². The summed E-state index contributed by atoms with van der Waals surface area (Å²) in [6.07, 6.45) is 9.91. The highest BCUT2D eigenvalue weighted by atomic mass is 16.1. The van der Waals surface area contributed by atoms with Gasteiger partial charge in [0, 0.05) is 0 Å². The van der Waals surface area contributed by atoms with Gasteiger partial charge >= 0.3 is 0 Å². The highest BCUT2D eigenvalue weighted by Gasteiger charge is 2.41. The number of aliphatic imine (C=N–C) groups is 4. The Bertz CT molecular complexity index is 628. The van der Waals surface area contributed by atoms with Crippen molar-refractivity contribution in [2.24, 2.45) is 25.9 Å². The highest BCUT2D eigenvalue weighted by molar-refractivity contribution is 5.46. The fourth-order valence-corrected chi connectivity index (χ4v) is 1.91. The molecule has 0 N–H and O–H groups in total. The van der Waals surface area contributed by atoms with Gasteiger partial charge in [-0.2, -0.15) is 9.98 Å². The van der Waals surface area contributed by atoms with Gasteiger partial charge < -0.3 is 0 Å². The summed E-state index contributed by atoms with van der Waals surface area (Å²) < 4.78 is 0. The molecule has 0 aromatic carbocycles. The van der Waals surface area contributed by atoms with E-state index < -0.39 is 11.5 Å². The van der Waals surface area contributed by atoms with Gasteiger partial charge in [0.2, 0.25) is 24.3 Å². The molecule has 0 heterocycles. The largest absolute Gasteiger partial charge is 0.240 e. The van der Waals surface area contributed by atoms with Crippen molar-refractivity contribution in [1.29, 1.82) is 0 Å². The molecule has 20 heavy (non-hydrogen) atoms. The van der Waals surface area contributed by atoms with Gasteiger partial charge in [0.1, 0.15) is 5.54 Å². The molecular formula is C12H8N4O4. The molecule has 0 bridgehead atoms. The lowest BCUT2D eigenvalue weighted by atomic mass is 9.78. The molecule has 0 radical (unpaired) electrons. The van der Waals surface area contributed by atoms with E-state index in [4.69, 9.17) is 0 Å². The number of hydrogen-bond donors (Lipinski definition) is 0. The van der Waals surface area contributed by atoms with Crippen LogP contribution in [0.5, 0.6) is 0 Å². The SMILES string of the molecule is O=C=NCC1C(N=C=O)=CC=CC1(CN=C=O)N=C=O. The molecule has 0 saturated carbocycles. The minimum absolute atomic E-state index is 0.135. The molecule has 2 unspecified atom stereocenters. The molecular weight excluding hydrogens is 264 g/mol. The Hall–Kier alpha value is -3.00. The molecule has 0 saturated heterocycles. The second-order valence-electron chi connectivity index (χ2n) is 3.74. The van der Waals surface area contributed by atoms with Gasteiger partial charge in [0.05, 0.1) is 24.7 Å². The van der Waals surface area contributed by atoms with Gasteiger partial charge in [-0.05, 0) is 6.08 Å². The van der Waals surface area contributed by atoms with Gasteiger partial charge in [0.15, 0.2) is 0 Å². The van der Waals surface area contributed by atoms with E-state index in [1.54, 1.807) is 0 Å². The number of rotatable bonds is 6. The van der Waals surface area contributed by atoms with Gasteiger partial charge in [-0.15, -0.1) is 0 Å². The standard InChI is InChI=1S/C12H8N4O4/c17-6-13-4-10-11(15-8-19)2-1-3-12(10,16-9-20)5-14-7-18/h1-3,10H,4-5H2. The number of carbonyl (C=O) groups excluding carboxylic acids is 4. The summed E-state index contributed by atoms with van der Waals surface area (Å²) in [7, 11) is 0. The second kappa shape index (κ2) is 7.44. The molecule has 0 aliphatic heterocycles. The molecule has 0 aromatic heterocycles. The fourth-order valence-electron chi connectivity index (χ4n) is 1.91. The molecule has 8 heteroatoms. The van der Waals surface area contributed by atoms with Crippen LogP contribution in [0.15, 0.2) is 43.9 Å². The summed E-state index contributed by atoms with van der Waals surface area (Å²) in [6, 6.07) is 0. The van der Waals surface area contributed by atoms with Crippen molar-refractivity contribution < 1.29 is 19.2 Å². The topological polar surface area (TPSA) is 118 Å². The molecule has 0 amide bonds. The molecule has 0 spiro atoms. The van der Waals surface area contributed by atoms with Crippen molar-refractivity contribution in [3.8, 4) is 0 Å². The van der Waals surface area contributed by atoms with E-state index in [0.717, 1.165) is 0 Å². The zero-order valence-corrected chi connectivity index (χ0v) is 10.1. The van der Waals surface area contributed by atoms with Gasteiger partial charge in [-0.3, -0.25) is 0 Å². The Balaban J connectivity index is 3.36. The molecule has 100 valence electrons. The van der Waals surface area contributed by atoms with Gasteiger partial charge in [-0.1, -0.05) is 12.2 Å². The van der Waals surface area contributed by atoms with Gasteiger partial charge in [0.25, 0.3) is 0 Å². The lowest BCUT2D eigenvalue weighted by Gasteiger charge is -2.32. The quantitative estimate of drug-likeness (QED) is 0.504. The van der Waals surface area contributed by atoms with E-state index >= 15 is 0 Å². The van der Waals surface area contributed by atoms with Crippen LogP contribution in [-0.4, -0.2) is 42.9 Å². The summed E-state index contributed by atoms with van der Waals surface area (Å²) >= 11 is 0. The van der Waals surface area contributed by atoms with Gasteiger partial charge in [-0.25, -0.2) is 29.2 Å². The monoisotopic (exact) mass is 272 g/mol. The summed E-state index contributed by atoms with van der Waals surface area (Å²) in [4.78, 5) is 55.5. The fraction of sp³-hybridized carbons (Fsp3) is 0.333. The maximum atomic E-state index is 10.6. The van der Waals surface area contributed by atoms with E-state index in [0.29, 0.717) is 0 Å². The highest BCUT2D eigenvalue weighted by Crippen LogP contribution is 2.34. The predicted molar refractivity (Wildman–Crippen MR) is 65.7 cm³/mol. The maximum Gasteiger partial charge on any atom is 0.240 e. The van der Waals surface area contributed by atoms with E-state index in [9.17, 15) is 19.2 Å². The molecule has 2 atom stereocenters. The smallest absolute Gasteiger partial charge is 0.211 e. The van der Waals surface area contributed by atoms with Crippen LogP contribution in [0.25, 0.3) is 0 Å². The van der Waals surface area contributed by atoms with Crippen LogP contribution in [0.4, 0.5) is 0 Å². The first kappa shape index (κ1) is 15.1. The number of allylic oxidation sites excluding steroid dienone is 2. The number of isocyanates is 4. The first-order chi connectivity index (χ1) is 9.74. The summed E-state index contributed by atoms with van der Waals surface area (Å²) in [5.74, 6) is -0.742. The van der Waals surface area contributed by atoms with E-state index in [1.807, 2.05) is 0 Å². The normalized spacial score (nSPS) is 23.2. The summed E-state index contributed by atoms with van der Waals surface area (Å²) in [5.41, 5.74) is -1.09. The minimum atomic E-state index is -1.30. The lowest BCUT2D eigenvalue weighted by Crippen LogP contribution is -2.41. The summed E-state index contributed by atoms with van der Waals surface area (Å²) in [5, 5.41) is 0. The van der Waals surface area contributed by atoms with E-state index in [2.05, 4.69) is 20.0 Å². The third kappa shape index (κ3) is 3.27. The van der Waals surface area contributed by atoms with Crippen LogP contribution in [-0.2, 0) is 19.2 Å². The van der Waals surface area contributed by atoms with Crippen LogP contribution >= 0.6 is 0 Å². The Kier molecular flexibility index (Phi) is 5.60. The Morgan fingerprint density at radius 1 is 1.05 bits per heavy atom. The third-order valence-corrected chi connectivity index (χ3v) is 2.78. The lowest BCUT2D eigenvalue weighted by molar-refractivity contribution is 0.385. The third-order valence-electron chi connectivity index (χ3n) is 2.78. The van der Waals surface area contributed by atoms with Crippen LogP contribution in [0, 0.1) is 5.92 Å². The second-order valence-corrected chi connectivity index (χ2v) is 3.74. The van der Waals surface area contributed by atoms with Crippen molar-refractivity contribution >= 4 is 24.3 Å². The van der Waals surface area contributed by atoms with Crippen molar-refractivity contribution in [3.05, 3.63) is 23.9 Å². The zero-order valence-electron chi connectivity index (χ0n) is 10.1.